The van der Waals surface area contributed by atoms with E-state index in [9.17, 15) is 14.3 Å². The first kappa shape index (κ1) is 15.4. The molecule has 1 aromatic rings. The Morgan fingerprint density at radius 2 is 1.95 bits per heavy atom. The number of rotatable bonds is 3. The Hall–Kier alpha value is -0.940. The van der Waals surface area contributed by atoms with Crippen LogP contribution in [-0.4, -0.2) is 23.2 Å². The summed E-state index contributed by atoms with van der Waals surface area (Å²) in [7, 11) is 0. The number of benzene rings is 1. The summed E-state index contributed by atoms with van der Waals surface area (Å²) in [6, 6.07) is 4.41. The maximum Gasteiger partial charge on any atom is 0.255 e. The van der Waals surface area contributed by atoms with E-state index in [4.69, 9.17) is 0 Å². The number of hydrogen-bond donors (Lipinski definition) is 2. The normalized spacial score (nSPS) is 18.4. The predicted octanol–water partition coefficient (Wildman–Crippen LogP) is 3.40. The largest absolute Gasteiger partial charge is 0.388 e. The van der Waals surface area contributed by atoms with Gasteiger partial charge in [-0.3, -0.25) is 4.79 Å². The van der Waals surface area contributed by atoms with Crippen LogP contribution < -0.4 is 5.32 Å². The van der Waals surface area contributed by atoms with E-state index in [-0.39, 0.29) is 12.1 Å². The highest BCUT2D eigenvalue weighted by Gasteiger charge is 2.29. The van der Waals surface area contributed by atoms with Crippen LogP contribution in [0.15, 0.2) is 22.7 Å². The summed E-state index contributed by atoms with van der Waals surface area (Å²) in [6.45, 7) is 0.173. The summed E-state index contributed by atoms with van der Waals surface area (Å²) in [5.41, 5.74) is -0.867. The van der Waals surface area contributed by atoms with E-state index >= 15 is 0 Å². The topological polar surface area (TPSA) is 49.3 Å². The van der Waals surface area contributed by atoms with Crippen LogP contribution >= 0.6 is 15.9 Å². The summed E-state index contributed by atoms with van der Waals surface area (Å²) < 4.78 is 14.1. The molecule has 1 aromatic carbocycles. The van der Waals surface area contributed by atoms with Gasteiger partial charge in [0, 0.05) is 11.0 Å². The van der Waals surface area contributed by atoms with Crippen LogP contribution in [0.1, 0.15) is 48.9 Å². The van der Waals surface area contributed by atoms with E-state index in [1.165, 1.54) is 12.1 Å². The Morgan fingerprint density at radius 3 is 2.55 bits per heavy atom. The fourth-order valence-electron chi connectivity index (χ4n) is 2.61. The van der Waals surface area contributed by atoms with Crippen molar-refractivity contribution in [1.29, 1.82) is 0 Å². The van der Waals surface area contributed by atoms with Crippen molar-refractivity contribution < 1.29 is 14.3 Å². The van der Waals surface area contributed by atoms with Crippen molar-refractivity contribution in [2.24, 2.45) is 0 Å². The summed E-state index contributed by atoms with van der Waals surface area (Å²) in [5.74, 6) is -1.06. The van der Waals surface area contributed by atoms with Crippen LogP contribution in [0.3, 0.4) is 0 Å². The predicted molar refractivity (Wildman–Crippen MR) is 79.1 cm³/mol. The second-order valence-electron chi connectivity index (χ2n) is 5.42. The van der Waals surface area contributed by atoms with E-state index in [2.05, 4.69) is 21.2 Å². The number of carbonyl (C=O) groups excluding carboxylic acids is 1. The number of nitrogens with one attached hydrogen (secondary N) is 1. The smallest absolute Gasteiger partial charge is 0.255 e. The van der Waals surface area contributed by atoms with Crippen LogP contribution in [0.4, 0.5) is 4.39 Å². The molecule has 2 rings (SSSR count). The minimum Gasteiger partial charge on any atom is -0.388 e. The molecule has 0 unspecified atom stereocenters. The first-order chi connectivity index (χ1) is 9.52. The van der Waals surface area contributed by atoms with E-state index in [1.54, 1.807) is 6.07 Å². The van der Waals surface area contributed by atoms with E-state index in [0.717, 1.165) is 25.7 Å². The molecule has 2 N–H and O–H groups in total. The Bertz CT molecular complexity index is 465. The first-order valence-electron chi connectivity index (χ1n) is 6.96. The lowest BCUT2D eigenvalue weighted by Crippen LogP contribution is -2.42. The third kappa shape index (κ3) is 3.79. The molecule has 1 aliphatic rings. The van der Waals surface area contributed by atoms with Crippen molar-refractivity contribution in [3.05, 3.63) is 34.1 Å². The first-order valence-corrected chi connectivity index (χ1v) is 7.76. The lowest BCUT2D eigenvalue weighted by Gasteiger charge is -2.26. The molecular weight excluding hydrogens is 325 g/mol. The van der Waals surface area contributed by atoms with Gasteiger partial charge in [0.05, 0.1) is 11.2 Å². The van der Waals surface area contributed by atoms with Gasteiger partial charge in [-0.15, -0.1) is 0 Å². The summed E-state index contributed by atoms with van der Waals surface area (Å²) in [6.07, 6.45) is 5.55. The third-order valence-corrected chi connectivity index (χ3v) is 4.46. The molecule has 0 aliphatic heterocycles. The maximum atomic E-state index is 13.7. The van der Waals surface area contributed by atoms with Gasteiger partial charge in [-0.05, 0) is 40.9 Å². The number of halogens is 2. The van der Waals surface area contributed by atoms with Crippen LogP contribution in [0.5, 0.6) is 0 Å². The SMILES string of the molecule is O=C(NCC1(O)CCCCCC1)c1c(F)cccc1Br. The van der Waals surface area contributed by atoms with E-state index < -0.39 is 17.3 Å². The average molecular weight is 344 g/mol. The van der Waals surface area contributed by atoms with Gasteiger partial charge in [-0.1, -0.05) is 31.7 Å². The molecule has 1 aliphatic carbocycles. The highest BCUT2D eigenvalue weighted by atomic mass is 79.9. The summed E-state index contributed by atoms with van der Waals surface area (Å²) in [4.78, 5) is 12.1. The molecule has 0 radical (unpaired) electrons. The quantitative estimate of drug-likeness (QED) is 0.826. The standard InChI is InChI=1S/C15H19BrFNO2/c16-11-6-5-7-12(17)13(11)14(19)18-10-15(20)8-3-1-2-4-9-15/h5-7,20H,1-4,8-10H2,(H,18,19). The number of amides is 1. The summed E-state index contributed by atoms with van der Waals surface area (Å²) in [5, 5.41) is 13.1. The lowest BCUT2D eigenvalue weighted by molar-refractivity contribution is 0.0246. The van der Waals surface area contributed by atoms with E-state index in [0.29, 0.717) is 17.3 Å². The number of carbonyl (C=O) groups is 1. The van der Waals surface area contributed by atoms with Crippen LogP contribution in [0.2, 0.25) is 0 Å². The molecule has 1 fully saturated rings. The van der Waals surface area contributed by atoms with Crippen molar-refractivity contribution in [2.45, 2.75) is 44.1 Å². The minimum atomic E-state index is -0.857. The summed E-state index contributed by atoms with van der Waals surface area (Å²) >= 11 is 3.18. The van der Waals surface area contributed by atoms with Crippen molar-refractivity contribution in [3.63, 3.8) is 0 Å². The van der Waals surface area contributed by atoms with Crippen molar-refractivity contribution >= 4 is 21.8 Å². The highest BCUT2D eigenvalue weighted by Crippen LogP contribution is 2.26. The Balaban J connectivity index is 2.01. The van der Waals surface area contributed by atoms with Crippen molar-refractivity contribution in [3.8, 4) is 0 Å². The molecule has 5 heteroatoms. The van der Waals surface area contributed by atoms with Crippen molar-refractivity contribution in [2.75, 3.05) is 6.54 Å². The Labute approximate surface area is 126 Å². The molecular formula is C15H19BrFNO2. The average Bonchev–Trinajstić information content (AvgIpc) is 2.62. The maximum absolute atomic E-state index is 13.7. The van der Waals surface area contributed by atoms with Crippen LogP contribution in [-0.2, 0) is 0 Å². The molecule has 110 valence electrons. The molecule has 0 heterocycles. The zero-order chi connectivity index (χ0) is 14.6. The molecule has 0 spiro atoms. The van der Waals surface area contributed by atoms with Gasteiger partial charge in [0.1, 0.15) is 5.82 Å². The molecule has 0 saturated heterocycles. The Kier molecular flexibility index (Phi) is 5.16. The lowest BCUT2D eigenvalue weighted by atomic mass is 9.94. The molecule has 0 aromatic heterocycles. The second kappa shape index (κ2) is 6.68. The van der Waals surface area contributed by atoms with Crippen LogP contribution in [0, 0.1) is 5.82 Å². The minimum absolute atomic E-state index is 0.00952. The fourth-order valence-corrected chi connectivity index (χ4v) is 3.13. The van der Waals surface area contributed by atoms with Gasteiger partial charge in [0.15, 0.2) is 0 Å². The van der Waals surface area contributed by atoms with E-state index in [1.807, 2.05) is 0 Å². The molecule has 3 nitrogen and oxygen atoms in total. The van der Waals surface area contributed by atoms with Gasteiger partial charge in [0.25, 0.3) is 5.91 Å². The molecule has 0 bridgehead atoms. The monoisotopic (exact) mass is 343 g/mol. The Morgan fingerprint density at radius 1 is 1.30 bits per heavy atom. The van der Waals surface area contributed by atoms with Gasteiger partial charge in [-0.25, -0.2) is 4.39 Å². The fraction of sp³-hybridized carbons (Fsp3) is 0.533. The third-order valence-electron chi connectivity index (χ3n) is 3.80. The highest BCUT2D eigenvalue weighted by molar-refractivity contribution is 9.10. The second-order valence-corrected chi connectivity index (χ2v) is 6.27. The number of aliphatic hydroxyl groups is 1. The molecule has 0 atom stereocenters. The molecule has 1 amide bonds. The molecule has 20 heavy (non-hydrogen) atoms. The number of hydrogen-bond acceptors (Lipinski definition) is 2. The van der Waals surface area contributed by atoms with Gasteiger partial charge >= 0.3 is 0 Å². The van der Waals surface area contributed by atoms with Gasteiger partial charge in [0.2, 0.25) is 0 Å². The zero-order valence-electron chi connectivity index (χ0n) is 11.3. The van der Waals surface area contributed by atoms with Crippen molar-refractivity contribution in [1.82, 2.24) is 5.32 Å². The molecule has 1 saturated carbocycles. The van der Waals surface area contributed by atoms with Gasteiger partial charge in [-0.2, -0.15) is 0 Å². The zero-order valence-corrected chi connectivity index (χ0v) is 12.9. The van der Waals surface area contributed by atoms with Crippen LogP contribution in [0.25, 0.3) is 0 Å². The van der Waals surface area contributed by atoms with Gasteiger partial charge < -0.3 is 10.4 Å².